The van der Waals surface area contributed by atoms with E-state index in [1.54, 1.807) is 0 Å². The van der Waals surface area contributed by atoms with E-state index >= 15 is 0 Å². The van der Waals surface area contributed by atoms with Crippen LogP contribution in [-0.4, -0.2) is 28.9 Å². The molecule has 0 saturated carbocycles. The van der Waals surface area contributed by atoms with Crippen molar-refractivity contribution >= 4 is 16.9 Å². The average molecular weight is 439 g/mol. The maximum atomic E-state index is 13.2. The second kappa shape index (κ2) is 8.41. The van der Waals surface area contributed by atoms with Gasteiger partial charge < -0.3 is 14.5 Å². The minimum atomic E-state index is -0.386. The zero-order valence-corrected chi connectivity index (χ0v) is 18.4. The van der Waals surface area contributed by atoms with Crippen molar-refractivity contribution in [2.24, 2.45) is 0 Å². The van der Waals surface area contributed by atoms with Crippen LogP contribution in [0.5, 0.6) is 5.75 Å². The maximum Gasteiger partial charge on any atom is 0.329 e. The fourth-order valence-corrected chi connectivity index (χ4v) is 5.21. The third-order valence-electron chi connectivity index (χ3n) is 6.80. The van der Waals surface area contributed by atoms with Gasteiger partial charge in [0.15, 0.2) is 0 Å². The molecule has 3 heterocycles. The summed E-state index contributed by atoms with van der Waals surface area (Å²) >= 11 is 0. The van der Waals surface area contributed by atoms with Gasteiger partial charge in [-0.1, -0.05) is 60.7 Å². The molecule has 2 aliphatic heterocycles. The second-order valence-electron chi connectivity index (χ2n) is 8.91. The second-order valence-corrected chi connectivity index (χ2v) is 8.91. The van der Waals surface area contributed by atoms with E-state index in [0.29, 0.717) is 19.1 Å². The van der Waals surface area contributed by atoms with Crippen LogP contribution in [-0.2, 0) is 22.7 Å². The number of ether oxygens (including phenoxy) is 2. The Hall–Kier alpha value is -3.57. The molecule has 5 heteroatoms. The van der Waals surface area contributed by atoms with Gasteiger partial charge in [0, 0.05) is 29.1 Å². The summed E-state index contributed by atoms with van der Waals surface area (Å²) in [7, 11) is 0. The SMILES string of the molecule is O=C(OCc1ccccc1)C1c2[nH]c3ccc(OCc4ccccc4)cc3c2C2CCN1C2. The number of aromatic nitrogens is 1. The van der Waals surface area contributed by atoms with E-state index in [9.17, 15) is 4.79 Å². The molecule has 3 aromatic carbocycles. The summed E-state index contributed by atoms with van der Waals surface area (Å²) in [5.41, 5.74) is 5.42. The Bertz CT molecular complexity index is 1280. The molecule has 33 heavy (non-hydrogen) atoms. The molecule has 5 nitrogen and oxygen atoms in total. The Morgan fingerprint density at radius 3 is 2.42 bits per heavy atom. The number of nitrogens with zero attached hydrogens (tertiary/aromatic N) is 1. The van der Waals surface area contributed by atoms with Gasteiger partial charge in [0.05, 0.1) is 0 Å². The first-order valence-corrected chi connectivity index (χ1v) is 11.5. The van der Waals surface area contributed by atoms with Crippen LogP contribution in [0.2, 0.25) is 0 Å². The number of carbonyl (C=O) groups is 1. The summed E-state index contributed by atoms with van der Waals surface area (Å²) in [6, 6.07) is 25.8. The number of nitrogens with one attached hydrogen (secondary N) is 1. The van der Waals surface area contributed by atoms with Crippen molar-refractivity contribution in [3.8, 4) is 5.75 Å². The summed E-state index contributed by atoms with van der Waals surface area (Å²) in [6.07, 6.45) is 1.05. The highest BCUT2D eigenvalue weighted by Gasteiger charge is 2.44. The van der Waals surface area contributed by atoms with Crippen LogP contribution in [0.3, 0.4) is 0 Å². The van der Waals surface area contributed by atoms with Crippen molar-refractivity contribution < 1.29 is 14.3 Å². The van der Waals surface area contributed by atoms with Crippen LogP contribution in [0.4, 0.5) is 0 Å². The molecule has 3 unspecified atom stereocenters. The summed E-state index contributed by atoms with van der Waals surface area (Å²) in [5.74, 6) is 1.08. The maximum absolute atomic E-state index is 13.2. The van der Waals surface area contributed by atoms with Gasteiger partial charge in [-0.05, 0) is 47.9 Å². The van der Waals surface area contributed by atoms with Gasteiger partial charge in [0.2, 0.25) is 0 Å². The third-order valence-corrected chi connectivity index (χ3v) is 6.80. The summed E-state index contributed by atoms with van der Waals surface area (Å²) < 4.78 is 11.8. The van der Waals surface area contributed by atoms with Gasteiger partial charge in [-0.15, -0.1) is 0 Å². The molecule has 0 spiro atoms. The van der Waals surface area contributed by atoms with E-state index in [1.165, 1.54) is 5.56 Å². The molecule has 0 amide bonds. The highest BCUT2D eigenvalue weighted by atomic mass is 16.5. The molecule has 1 N–H and O–H groups in total. The molecule has 2 bridgehead atoms. The van der Waals surface area contributed by atoms with E-state index in [0.717, 1.165) is 53.0 Å². The predicted octanol–water partition coefficient (Wildman–Crippen LogP) is 5.33. The molecule has 4 aromatic rings. The lowest BCUT2D eigenvalue weighted by Crippen LogP contribution is -2.37. The van der Waals surface area contributed by atoms with E-state index in [-0.39, 0.29) is 12.0 Å². The first-order chi connectivity index (χ1) is 16.3. The first-order valence-electron chi connectivity index (χ1n) is 11.5. The number of hydrogen-bond donors (Lipinski definition) is 1. The van der Waals surface area contributed by atoms with Crippen LogP contribution in [0.25, 0.3) is 10.9 Å². The lowest BCUT2D eigenvalue weighted by Gasteiger charge is -2.30. The van der Waals surface area contributed by atoms with Crippen molar-refractivity contribution in [1.82, 2.24) is 9.88 Å². The Morgan fingerprint density at radius 1 is 0.939 bits per heavy atom. The first kappa shape index (κ1) is 20.1. The van der Waals surface area contributed by atoms with Crippen LogP contribution < -0.4 is 4.74 Å². The monoisotopic (exact) mass is 438 g/mol. The van der Waals surface area contributed by atoms with E-state index in [1.807, 2.05) is 54.6 Å². The van der Waals surface area contributed by atoms with Crippen LogP contribution in [0.15, 0.2) is 78.9 Å². The summed E-state index contributed by atoms with van der Waals surface area (Å²) in [5, 5.41) is 1.16. The van der Waals surface area contributed by atoms with Gasteiger partial charge in [-0.25, -0.2) is 4.79 Å². The quantitative estimate of drug-likeness (QED) is 0.413. The normalized spacial score (nSPS) is 21.0. The van der Waals surface area contributed by atoms with E-state index in [4.69, 9.17) is 9.47 Å². The standard InChI is InChI=1S/C28H26N2O3/c31-28(33-18-20-9-5-2-6-10-20)27-26-25(21-13-14-30(27)16-21)23-15-22(11-12-24(23)29-26)32-17-19-7-3-1-4-8-19/h1-12,15,21,27,29H,13-14,16-18H2. The fourth-order valence-electron chi connectivity index (χ4n) is 5.21. The zero-order valence-electron chi connectivity index (χ0n) is 18.4. The fraction of sp³-hybridized carbons (Fsp3) is 0.250. The number of fused-ring (bicyclic) bond motifs is 6. The van der Waals surface area contributed by atoms with Gasteiger partial charge >= 0.3 is 5.97 Å². The summed E-state index contributed by atoms with van der Waals surface area (Å²) in [4.78, 5) is 19.0. The zero-order chi connectivity index (χ0) is 22.2. The Kier molecular flexibility index (Phi) is 5.11. The molecule has 1 saturated heterocycles. The van der Waals surface area contributed by atoms with Crippen molar-refractivity contribution in [3.05, 3.63) is 101 Å². The third kappa shape index (κ3) is 3.79. The van der Waals surface area contributed by atoms with Gasteiger partial charge in [0.25, 0.3) is 0 Å². The number of hydrogen-bond acceptors (Lipinski definition) is 4. The highest BCUT2D eigenvalue weighted by molar-refractivity contribution is 5.90. The van der Waals surface area contributed by atoms with Gasteiger partial charge in [-0.3, -0.25) is 4.90 Å². The van der Waals surface area contributed by atoms with Crippen molar-refractivity contribution in [2.45, 2.75) is 31.6 Å². The average Bonchev–Trinajstić information content (AvgIpc) is 3.45. The Balaban J connectivity index is 1.28. The molecule has 0 radical (unpaired) electrons. The van der Waals surface area contributed by atoms with Crippen molar-refractivity contribution in [2.75, 3.05) is 13.1 Å². The molecule has 3 atom stereocenters. The smallest absolute Gasteiger partial charge is 0.329 e. The minimum absolute atomic E-state index is 0.187. The molecule has 2 aliphatic rings. The molecule has 0 aliphatic carbocycles. The number of carbonyl (C=O) groups excluding carboxylic acids is 1. The van der Waals surface area contributed by atoms with Gasteiger partial charge in [-0.2, -0.15) is 0 Å². The number of esters is 1. The molecule has 1 aromatic heterocycles. The van der Waals surface area contributed by atoms with E-state index < -0.39 is 0 Å². The van der Waals surface area contributed by atoms with Crippen LogP contribution >= 0.6 is 0 Å². The van der Waals surface area contributed by atoms with E-state index in [2.05, 4.69) is 34.1 Å². The minimum Gasteiger partial charge on any atom is -0.489 e. The largest absolute Gasteiger partial charge is 0.489 e. The van der Waals surface area contributed by atoms with Gasteiger partial charge in [0.1, 0.15) is 25.0 Å². The van der Waals surface area contributed by atoms with Crippen molar-refractivity contribution in [1.29, 1.82) is 0 Å². The number of aromatic amines is 1. The number of benzene rings is 3. The molecule has 166 valence electrons. The number of rotatable bonds is 6. The Labute approximate surface area is 192 Å². The Morgan fingerprint density at radius 2 is 1.67 bits per heavy atom. The van der Waals surface area contributed by atoms with Crippen molar-refractivity contribution in [3.63, 3.8) is 0 Å². The number of H-pyrrole nitrogens is 1. The molecular weight excluding hydrogens is 412 g/mol. The summed E-state index contributed by atoms with van der Waals surface area (Å²) in [6.45, 7) is 2.62. The molecule has 6 rings (SSSR count). The molecular formula is C28H26N2O3. The van der Waals surface area contributed by atoms with Crippen LogP contribution in [0, 0.1) is 0 Å². The lowest BCUT2D eigenvalue weighted by atomic mass is 9.90. The molecule has 1 fully saturated rings. The topological polar surface area (TPSA) is 54.6 Å². The predicted molar refractivity (Wildman–Crippen MR) is 127 cm³/mol. The lowest BCUT2D eigenvalue weighted by molar-refractivity contribution is -0.151. The highest BCUT2D eigenvalue weighted by Crippen LogP contribution is 2.46. The van der Waals surface area contributed by atoms with Crippen LogP contribution in [0.1, 0.15) is 40.8 Å².